The summed E-state index contributed by atoms with van der Waals surface area (Å²) in [5.41, 5.74) is 0.971. The summed E-state index contributed by atoms with van der Waals surface area (Å²) in [6.07, 6.45) is 2.35. The molecule has 0 atom stereocenters. The van der Waals surface area contributed by atoms with Gasteiger partial charge in [-0.1, -0.05) is 25.1 Å². The van der Waals surface area contributed by atoms with Gasteiger partial charge in [-0.25, -0.2) is 0 Å². The molecule has 0 amide bonds. The number of hydrogen-bond donors (Lipinski definition) is 2. The van der Waals surface area contributed by atoms with Crippen molar-refractivity contribution >= 4 is 11.0 Å². The fourth-order valence-electron chi connectivity index (χ4n) is 1.98. The summed E-state index contributed by atoms with van der Waals surface area (Å²) in [7, 11) is 0. The number of nitrogens with one attached hydrogen (secondary N) is 2. The summed E-state index contributed by atoms with van der Waals surface area (Å²) in [5, 5.41) is 7.98. The zero-order valence-electron chi connectivity index (χ0n) is 11.0. The smallest absolute Gasteiger partial charge is 0.134 e. The van der Waals surface area contributed by atoms with Crippen molar-refractivity contribution in [3.05, 3.63) is 36.1 Å². The molecule has 1 heterocycles. The maximum atomic E-state index is 5.74. The van der Waals surface area contributed by atoms with Gasteiger partial charge in [0.2, 0.25) is 0 Å². The van der Waals surface area contributed by atoms with E-state index in [0.29, 0.717) is 0 Å². The van der Waals surface area contributed by atoms with E-state index in [0.717, 1.165) is 43.9 Å². The lowest BCUT2D eigenvalue weighted by atomic mass is 10.2. The molecule has 3 heteroatoms. The maximum absolute atomic E-state index is 5.74. The van der Waals surface area contributed by atoms with Crippen molar-refractivity contribution in [2.24, 2.45) is 0 Å². The molecule has 18 heavy (non-hydrogen) atoms. The predicted octanol–water partition coefficient (Wildman–Crippen LogP) is 2.91. The van der Waals surface area contributed by atoms with E-state index in [1.807, 2.05) is 18.2 Å². The van der Waals surface area contributed by atoms with Gasteiger partial charge >= 0.3 is 0 Å². The molecule has 0 fully saturated rings. The van der Waals surface area contributed by atoms with E-state index in [2.05, 4.69) is 29.7 Å². The molecule has 0 radical (unpaired) electrons. The van der Waals surface area contributed by atoms with E-state index in [1.54, 1.807) is 0 Å². The van der Waals surface area contributed by atoms with Gasteiger partial charge in [-0.2, -0.15) is 0 Å². The van der Waals surface area contributed by atoms with E-state index in [4.69, 9.17) is 4.42 Å². The molecule has 1 aromatic carbocycles. The summed E-state index contributed by atoms with van der Waals surface area (Å²) in [6.45, 7) is 6.22. The maximum Gasteiger partial charge on any atom is 0.134 e. The van der Waals surface area contributed by atoms with Crippen LogP contribution >= 0.6 is 0 Å². The summed E-state index contributed by atoms with van der Waals surface area (Å²) >= 11 is 0. The Morgan fingerprint density at radius 2 is 1.89 bits per heavy atom. The second kappa shape index (κ2) is 7.19. The van der Waals surface area contributed by atoms with Gasteiger partial charge in [0.05, 0.1) is 6.54 Å². The second-order valence-corrected chi connectivity index (χ2v) is 4.53. The first-order valence-electron chi connectivity index (χ1n) is 6.79. The summed E-state index contributed by atoms with van der Waals surface area (Å²) in [5.74, 6) is 1.01. The van der Waals surface area contributed by atoms with Crippen molar-refractivity contribution in [1.29, 1.82) is 0 Å². The standard InChI is InChI=1S/C15H22N2O/c1-2-8-16-9-5-10-17-12-14-11-13-6-3-4-7-15(13)18-14/h3-4,6-7,11,16-17H,2,5,8-10,12H2,1H3. The number of hydrogen-bond acceptors (Lipinski definition) is 3. The summed E-state index contributed by atoms with van der Waals surface area (Å²) < 4.78 is 5.74. The van der Waals surface area contributed by atoms with Gasteiger partial charge in [-0.15, -0.1) is 0 Å². The van der Waals surface area contributed by atoms with Gasteiger partial charge < -0.3 is 15.1 Å². The van der Waals surface area contributed by atoms with Crippen molar-refractivity contribution in [3.8, 4) is 0 Å². The van der Waals surface area contributed by atoms with E-state index in [-0.39, 0.29) is 0 Å². The fraction of sp³-hybridized carbons (Fsp3) is 0.467. The molecule has 0 unspecified atom stereocenters. The van der Waals surface area contributed by atoms with Crippen LogP contribution in [0.25, 0.3) is 11.0 Å². The Hall–Kier alpha value is -1.32. The SMILES string of the molecule is CCCNCCCNCc1cc2ccccc2o1. The normalized spacial score (nSPS) is 11.2. The lowest BCUT2D eigenvalue weighted by Gasteiger charge is -2.03. The predicted molar refractivity (Wildman–Crippen MR) is 75.7 cm³/mol. The van der Waals surface area contributed by atoms with E-state index >= 15 is 0 Å². The molecule has 2 rings (SSSR count). The monoisotopic (exact) mass is 246 g/mol. The lowest BCUT2D eigenvalue weighted by molar-refractivity contribution is 0.505. The lowest BCUT2D eigenvalue weighted by Crippen LogP contribution is -2.22. The van der Waals surface area contributed by atoms with Crippen LogP contribution in [0.1, 0.15) is 25.5 Å². The van der Waals surface area contributed by atoms with Gasteiger partial charge in [0.15, 0.2) is 0 Å². The number of para-hydroxylation sites is 1. The van der Waals surface area contributed by atoms with Crippen LogP contribution in [-0.2, 0) is 6.54 Å². The Labute approximate surface area is 109 Å². The first kappa shape index (κ1) is 13.1. The molecule has 0 aliphatic heterocycles. The van der Waals surface area contributed by atoms with Gasteiger partial charge in [0.25, 0.3) is 0 Å². The van der Waals surface area contributed by atoms with Gasteiger partial charge in [-0.05, 0) is 44.6 Å². The molecule has 98 valence electrons. The minimum atomic E-state index is 0.808. The highest BCUT2D eigenvalue weighted by Gasteiger charge is 2.01. The van der Waals surface area contributed by atoms with Crippen molar-refractivity contribution in [2.75, 3.05) is 19.6 Å². The molecule has 0 aliphatic rings. The van der Waals surface area contributed by atoms with Crippen molar-refractivity contribution < 1.29 is 4.42 Å². The average molecular weight is 246 g/mol. The Morgan fingerprint density at radius 3 is 2.72 bits per heavy atom. The molecule has 0 saturated carbocycles. The van der Waals surface area contributed by atoms with Gasteiger partial charge in [0.1, 0.15) is 11.3 Å². The number of fused-ring (bicyclic) bond motifs is 1. The summed E-state index contributed by atoms with van der Waals surface area (Å²) in [6, 6.07) is 10.2. The van der Waals surface area contributed by atoms with Crippen molar-refractivity contribution in [1.82, 2.24) is 10.6 Å². The molecule has 2 aromatic rings. The molecule has 3 nitrogen and oxygen atoms in total. The summed E-state index contributed by atoms with van der Waals surface area (Å²) in [4.78, 5) is 0. The van der Waals surface area contributed by atoms with Crippen LogP contribution in [0.3, 0.4) is 0 Å². The van der Waals surface area contributed by atoms with Crippen LogP contribution in [0.4, 0.5) is 0 Å². The highest BCUT2D eigenvalue weighted by atomic mass is 16.3. The van der Waals surface area contributed by atoms with Crippen LogP contribution in [0.2, 0.25) is 0 Å². The molecule has 0 bridgehead atoms. The second-order valence-electron chi connectivity index (χ2n) is 4.53. The highest BCUT2D eigenvalue weighted by Crippen LogP contribution is 2.18. The van der Waals surface area contributed by atoms with Crippen molar-refractivity contribution in [2.45, 2.75) is 26.3 Å². The minimum absolute atomic E-state index is 0.808. The van der Waals surface area contributed by atoms with Crippen LogP contribution in [0.15, 0.2) is 34.7 Å². The van der Waals surface area contributed by atoms with Crippen LogP contribution in [0, 0.1) is 0 Å². The molecule has 0 aliphatic carbocycles. The first-order valence-corrected chi connectivity index (χ1v) is 6.79. The average Bonchev–Trinajstić information content (AvgIpc) is 2.80. The third-order valence-electron chi connectivity index (χ3n) is 2.91. The Balaban J connectivity index is 1.67. The third kappa shape index (κ3) is 3.86. The van der Waals surface area contributed by atoms with E-state index in [1.165, 1.54) is 11.8 Å². The quantitative estimate of drug-likeness (QED) is 0.703. The first-order chi connectivity index (χ1) is 8.90. The third-order valence-corrected chi connectivity index (χ3v) is 2.91. The molecular weight excluding hydrogens is 224 g/mol. The van der Waals surface area contributed by atoms with Crippen LogP contribution in [-0.4, -0.2) is 19.6 Å². The molecular formula is C15H22N2O. The molecule has 0 spiro atoms. The molecule has 2 N–H and O–H groups in total. The van der Waals surface area contributed by atoms with E-state index < -0.39 is 0 Å². The highest BCUT2D eigenvalue weighted by molar-refractivity contribution is 5.77. The van der Waals surface area contributed by atoms with E-state index in [9.17, 15) is 0 Å². The van der Waals surface area contributed by atoms with Crippen LogP contribution < -0.4 is 10.6 Å². The zero-order chi connectivity index (χ0) is 12.6. The zero-order valence-corrected chi connectivity index (χ0v) is 11.0. The Kier molecular flexibility index (Phi) is 5.24. The number of benzene rings is 1. The minimum Gasteiger partial charge on any atom is -0.460 e. The topological polar surface area (TPSA) is 37.2 Å². The molecule has 0 saturated heterocycles. The van der Waals surface area contributed by atoms with Crippen molar-refractivity contribution in [3.63, 3.8) is 0 Å². The number of furan rings is 1. The van der Waals surface area contributed by atoms with Gasteiger partial charge in [-0.3, -0.25) is 0 Å². The Bertz CT molecular complexity index is 431. The van der Waals surface area contributed by atoms with Crippen LogP contribution in [0.5, 0.6) is 0 Å². The number of rotatable bonds is 8. The molecule has 1 aromatic heterocycles. The fourth-order valence-corrected chi connectivity index (χ4v) is 1.98. The van der Waals surface area contributed by atoms with Gasteiger partial charge in [0, 0.05) is 5.39 Å². The largest absolute Gasteiger partial charge is 0.460 e. The Morgan fingerprint density at radius 1 is 1.06 bits per heavy atom.